The molecule has 2 aromatic rings. The summed E-state index contributed by atoms with van der Waals surface area (Å²) in [5, 5.41) is 10.6. The van der Waals surface area contributed by atoms with E-state index >= 15 is 0 Å². The van der Waals surface area contributed by atoms with Crippen LogP contribution >= 0.6 is 0 Å². The summed E-state index contributed by atoms with van der Waals surface area (Å²) >= 11 is 0. The van der Waals surface area contributed by atoms with Gasteiger partial charge in [0.1, 0.15) is 11.9 Å². The molecule has 0 aliphatic carbocycles. The molecule has 2 rings (SSSR count). The molecule has 28 heavy (non-hydrogen) atoms. The van der Waals surface area contributed by atoms with Crippen LogP contribution in [0.1, 0.15) is 57.3 Å². The number of ether oxygens (including phenoxy) is 1. The van der Waals surface area contributed by atoms with Gasteiger partial charge in [0, 0.05) is 25.4 Å². The lowest BCUT2D eigenvalue weighted by Gasteiger charge is -2.15. The van der Waals surface area contributed by atoms with Crippen LogP contribution in [-0.4, -0.2) is 41.8 Å². The summed E-state index contributed by atoms with van der Waals surface area (Å²) in [6.45, 7) is 12.4. The largest absolute Gasteiger partial charge is 0.489 e. The van der Waals surface area contributed by atoms with E-state index in [-0.39, 0.29) is 12.0 Å². The van der Waals surface area contributed by atoms with Gasteiger partial charge >= 0.3 is 0 Å². The maximum atomic E-state index is 5.94. The van der Waals surface area contributed by atoms with Gasteiger partial charge in [0.05, 0.1) is 6.54 Å². The van der Waals surface area contributed by atoms with Gasteiger partial charge < -0.3 is 19.9 Å². The highest BCUT2D eigenvalue weighted by Crippen LogP contribution is 2.14. The Morgan fingerprint density at radius 2 is 2.07 bits per heavy atom. The second kappa shape index (κ2) is 11.3. The zero-order valence-electron chi connectivity index (χ0n) is 17.7. The van der Waals surface area contributed by atoms with Crippen LogP contribution in [0.3, 0.4) is 0 Å². The topological polar surface area (TPSA) is 84.6 Å². The molecule has 1 aromatic carbocycles. The van der Waals surface area contributed by atoms with Gasteiger partial charge in [-0.1, -0.05) is 31.1 Å². The molecule has 7 nitrogen and oxygen atoms in total. The highest BCUT2D eigenvalue weighted by Gasteiger charge is 2.09. The van der Waals surface area contributed by atoms with Crippen molar-refractivity contribution in [1.82, 2.24) is 20.8 Å². The maximum absolute atomic E-state index is 5.94. The Kier molecular flexibility index (Phi) is 8.78. The highest BCUT2D eigenvalue weighted by atomic mass is 16.5. The molecular weight excluding hydrogens is 354 g/mol. The monoisotopic (exact) mass is 387 g/mol. The third-order valence-electron chi connectivity index (χ3n) is 4.04. The average Bonchev–Trinajstić information content (AvgIpc) is 3.12. The van der Waals surface area contributed by atoms with Crippen molar-refractivity contribution in [2.24, 2.45) is 4.99 Å². The number of nitrogens with zero attached hydrogens (tertiary/aromatic N) is 3. The molecule has 1 heterocycles. The van der Waals surface area contributed by atoms with Gasteiger partial charge in [0.15, 0.2) is 11.8 Å². The van der Waals surface area contributed by atoms with Crippen molar-refractivity contribution in [1.29, 1.82) is 0 Å². The molecule has 0 bridgehead atoms. The third-order valence-corrected chi connectivity index (χ3v) is 4.04. The van der Waals surface area contributed by atoms with Crippen LogP contribution in [-0.2, 0) is 6.42 Å². The summed E-state index contributed by atoms with van der Waals surface area (Å²) in [7, 11) is 0. The maximum Gasteiger partial charge on any atom is 0.226 e. The van der Waals surface area contributed by atoms with Crippen molar-refractivity contribution in [3.8, 4) is 5.75 Å². The number of rotatable bonds is 10. The molecule has 2 N–H and O–H groups in total. The fourth-order valence-corrected chi connectivity index (χ4v) is 2.57. The van der Waals surface area contributed by atoms with E-state index in [2.05, 4.69) is 59.5 Å². The van der Waals surface area contributed by atoms with Crippen LogP contribution in [0.5, 0.6) is 5.75 Å². The standard InChI is InChI=1S/C21H33N5O2/c1-6-22-21(23-12-8-11-19-25-20(15(2)3)26-28-19)24-14-17(5)27-18-10-7-9-16(4)13-18/h7,9-10,13,15,17H,6,8,11-12,14H2,1-5H3,(H2,22,23,24). The fraction of sp³-hybridized carbons (Fsp3) is 0.571. The molecule has 0 aliphatic heterocycles. The molecule has 1 aromatic heterocycles. The van der Waals surface area contributed by atoms with Gasteiger partial charge in [0.2, 0.25) is 5.89 Å². The van der Waals surface area contributed by atoms with Crippen molar-refractivity contribution < 1.29 is 9.26 Å². The predicted molar refractivity (Wildman–Crippen MR) is 112 cm³/mol. The van der Waals surface area contributed by atoms with E-state index in [1.807, 2.05) is 25.1 Å². The Balaban J connectivity index is 1.76. The van der Waals surface area contributed by atoms with Gasteiger partial charge in [-0.15, -0.1) is 0 Å². The molecule has 0 saturated carbocycles. The first-order valence-electron chi connectivity index (χ1n) is 10.1. The number of aliphatic imine (C=N–C) groups is 1. The van der Waals surface area contributed by atoms with E-state index in [9.17, 15) is 0 Å². The summed E-state index contributed by atoms with van der Waals surface area (Å²) in [6, 6.07) is 8.06. The summed E-state index contributed by atoms with van der Waals surface area (Å²) in [5.41, 5.74) is 1.19. The van der Waals surface area contributed by atoms with E-state index in [1.165, 1.54) is 5.56 Å². The molecule has 7 heteroatoms. The van der Waals surface area contributed by atoms with Crippen LogP contribution in [0.2, 0.25) is 0 Å². The Labute approximate surface area is 168 Å². The minimum Gasteiger partial charge on any atom is -0.489 e. The summed E-state index contributed by atoms with van der Waals surface area (Å²) in [6.07, 6.45) is 1.63. The average molecular weight is 388 g/mol. The molecule has 0 spiro atoms. The molecular formula is C21H33N5O2. The van der Waals surface area contributed by atoms with Gasteiger partial charge in [-0.05, 0) is 44.9 Å². The second-order valence-electron chi connectivity index (χ2n) is 7.20. The summed E-state index contributed by atoms with van der Waals surface area (Å²) in [4.78, 5) is 9.02. The molecule has 1 atom stereocenters. The number of hydrogen-bond donors (Lipinski definition) is 2. The van der Waals surface area contributed by atoms with Gasteiger partial charge in [-0.25, -0.2) is 4.99 Å². The minimum atomic E-state index is -0.00916. The predicted octanol–water partition coefficient (Wildman–Crippen LogP) is 3.46. The number of guanidine groups is 1. The number of hydrogen-bond acceptors (Lipinski definition) is 5. The van der Waals surface area contributed by atoms with Crippen molar-refractivity contribution in [3.05, 3.63) is 41.5 Å². The number of aromatic nitrogens is 2. The SMILES string of the molecule is CCNC(=NCC(C)Oc1cccc(C)c1)NCCCc1nc(C(C)C)no1. The number of nitrogens with one attached hydrogen (secondary N) is 2. The van der Waals surface area contributed by atoms with E-state index in [0.29, 0.717) is 12.4 Å². The summed E-state index contributed by atoms with van der Waals surface area (Å²) < 4.78 is 11.2. The Hall–Kier alpha value is -2.57. The van der Waals surface area contributed by atoms with Crippen LogP contribution in [0, 0.1) is 6.92 Å². The zero-order chi connectivity index (χ0) is 20.4. The van der Waals surface area contributed by atoms with E-state index < -0.39 is 0 Å². The van der Waals surface area contributed by atoms with E-state index in [1.54, 1.807) is 0 Å². The van der Waals surface area contributed by atoms with Gasteiger partial charge in [-0.3, -0.25) is 0 Å². The molecule has 0 amide bonds. The van der Waals surface area contributed by atoms with E-state index in [0.717, 1.165) is 43.5 Å². The molecule has 0 saturated heterocycles. The molecule has 0 radical (unpaired) electrons. The third kappa shape index (κ3) is 7.58. The summed E-state index contributed by atoms with van der Waals surface area (Å²) in [5.74, 6) is 3.40. The quantitative estimate of drug-likeness (QED) is 0.369. The van der Waals surface area contributed by atoms with Crippen molar-refractivity contribution >= 4 is 5.96 Å². The van der Waals surface area contributed by atoms with Gasteiger partial charge in [0.25, 0.3) is 0 Å². The molecule has 1 unspecified atom stereocenters. The smallest absolute Gasteiger partial charge is 0.226 e. The van der Waals surface area contributed by atoms with Gasteiger partial charge in [-0.2, -0.15) is 4.98 Å². The van der Waals surface area contributed by atoms with Crippen LogP contribution in [0.25, 0.3) is 0 Å². The fourth-order valence-electron chi connectivity index (χ4n) is 2.57. The second-order valence-corrected chi connectivity index (χ2v) is 7.20. The van der Waals surface area contributed by atoms with Crippen molar-refractivity contribution in [2.45, 2.75) is 59.5 Å². The first-order chi connectivity index (χ1) is 13.5. The van der Waals surface area contributed by atoms with E-state index in [4.69, 9.17) is 9.26 Å². The Bertz CT molecular complexity index is 742. The van der Waals surface area contributed by atoms with Crippen molar-refractivity contribution in [2.75, 3.05) is 19.6 Å². The lowest BCUT2D eigenvalue weighted by molar-refractivity contribution is 0.230. The van der Waals surface area contributed by atoms with Crippen molar-refractivity contribution in [3.63, 3.8) is 0 Å². The molecule has 154 valence electrons. The first kappa shape index (κ1) is 21.7. The lowest BCUT2D eigenvalue weighted by atomic mass is 10.2. The number of aryl methyl sites for hydroxylation is 2. The Morgan fingerprint density at radius 1 is 1.25 bits per heavy atom. The van der Waals surface area contributed by atoms with Crippen LogP contribution in [0.15, 0.2) is 33.8 Å². The first-order valence-corrected chi connectivity index (χ1v) is 10.1. The van der Waals surface area contributed by atoms with Crippen LogP contribution < -0.4 is 15.4 Å². The highest BCUT2D eigenvalue weighted by molar-refractivity contribution is 5.79. The molecule has 0 aliphatic rings. The van der Waals surface area contributed by atoms with Crippen LogP contribution in [0.4, 0.5) is 0 Å². The zero-order valence-corrected chi connectivity index (χ0v) is 17.7. The minimum absolute atomic E-state index is 0.00916. The molecule has 0 fully saturated rings. The number of benzene rings is 1. The normalized spacial score (nSPS) is 12.9. The lowest BCUT2D eigenvalue weighted by Crippen LogP contribution is -2.38. The Morgan fingerprint density at radius 3 is 2.75 bits per heavy atom.